The first-order valence-corrected chi connectivity index (χ1v) is 4.88. The molecule has 4 nitrogen and oxygen atoms in total. The fourth-order valence-corrected chi connectivity index (χ4v) is 1.59. The molecule has 0 radical (unpaired) electrons. The van der Waals surface area contributed by atoms with Gasteiger partial charge in [0, 0.05) is 18.8 Å². The fraction of sp³-hybridized carbons (Fsp3) is 0.300. The number of allylic oxidation sites excluding steroid dienone is 1. The number of ketones is 1. The first-order valence-electron chi connectivity index (χ1n) is 4.88. The highest BCUT2D eigenvalue weighted by atomic mass is 19.4. The molecular weight excluding hydrogens is 275 g/mol. The van der Waals surface area contributed by atoms with Crippen molar-refractivity contribution in [1.82, 2.24) is 9.97 Å². The molecule has 0 unspecified atom stereocenters. The molecule has 1 aromatic heterocycles. The van der Waals surface area contributed by atoms with E-state index >= 15 is 0 Å². The molecular formula is C10H5F5N2O2. The zero-order valence-electron chi connectivity index (χ0n) is 9.00. The van der Waals surface area contributed by atoms with Gasteiger partial charge in [-0.25, -0.2) is 4.98 Å². The number of hydrogen-bond acceptors (Lipinski definition) is 4. The van der Waals surface area contributed by atoms with Crippen molar-refractivity contribution in [2.24, 2.45) is 0 Å². The van der Waals surface area contributed by atoms with Gasteiger partial charge in [0.05, 0.1) is 11.3 Å². The van der Waals surface area contributed by atoms with E-state index in [1.807, 2.05) is 0 Å². The molecule has 1 heterocycles. The largest absolute Gasteiger partial charge is 0.505 e. The molecule has 1 aliphatic carbocycles. The van der Waals surface area contributed by atoms with Crippen molar-refractivity contribution in [2.45, 2.75) is 18.5 Å². The van der Waals surface area contributed by atoms with E-state index in [-0.39, 0.29) is 11.4 Å². The normalized spacial score (nSPS) is 15.6. The van der Waals surface area contributed by atoms with E-state index in [0.717, 1.165) is 6.20 Å². The highest BCUT2D eigenvalue weighted by Gasteiger charge is 2.64. The SMILES string of the molecule is O=C(C1=C(O)c2nccnc2C1)C(F)(F)C(F)(F)F. The van der Waals surface area contributed by atoms with Crippen LogP contribution in [0.25, 0.3) is 5.76 Å². The van der Waals surface area contributed by atoms with Crippen LogP contribution in [0.4, 0.5) is 22.0 Å². The lowest BCUT2D eigenvalue weighted by Crippen LogP contribution is -2.45. The van der Waals surface area contributed by atoms with Crippen molar-refractivity contribution in [3.63, 3.8) is 0 Å². The summed E-state index contributed by atoms with van der Waals surface area (Å²) < 4.78 is 62.1. The average Bonchev–Trinajstić information content (AvgIpc) is 2.65. The zero-order chi connectivity index (χ0) is 14.4. The molecule has 0 aliphatic heterocycles. The van der Waals surface area contributed by atoms with Crippen LogP contribution in [0.5, 0.6) is 0 Å². The second-order valence-corrected chi connectivity index (χ2v) is 3.76. The van der Waals surface area contributed by atoms with Crippen LogP contribution in [0.15, 0.2) is 18.0 Å². The second-order valence-electron chi connectivity index (χ2n) is 3.76. The van der Waals surface area contributed by atoms with E-state index in [9.17, 15) is 31.9 Å². The fourth-order valence-electron chi connectivity index (χ4n) is 1.59. The summed E-state index contributed by atoms with van der Waals surface area (Å²) in [6.07, 6.45) is -4.35. The summed E-state index contributed by atoms with van der Waals surface area (Å²) in [5.74, 6) is -9.03. The van der Waals surface area contributed by atoms with Gasteiger partial charge in [0.15, 0.2) is 0 Å². The summed E-state index contributed by atoms with van der Waals surface area (Å²) in [5.41, 5.74) is -1.33. The van der Waals surface area contributed by atoms with Gasteiger partial charge in [-0.1, -0.05) is 0 Å². The number of alkyl halides is 5. The maximum atomic E-state index is 12.9. The summed E-state index contributed by atoms with van der Waals surface area (Å²) >= 11 is 0. The van der Waals surface area contributed by atoms with Gasteiger partial charge in [0.25, 0.3) is 0 Å². The molecule has 0 bridgehead atoms. The number of aliphatic hydroxyl groups excluding tert-OH is 1. The second kappa shape index (κ2) is 3.97. The minimum atomic E-state index is -6.02. The van der Waals surface area contributed by atoms with E-state index in [0.29, 0.717) is 0 Å². The van der Waals surface area contributed by atoms with Gasteiger partial charge in [0.2, 0.25) is 5.78 Å². The number of aliphatic hydroxyl groups is 1. The third kappa shape index (κ3) is 1.94. The Morgan fingerprint density at radius 2 is 1.74 bits per heavy atom. The van der Waals surface area contributed by atoms with Crippen LogP contribution in [-0.4, -0.2) is 33.0 Å². The van der Waals surface area contributed by atoms with Gasteiger partial charge in [-0.2, -0.15) is 22.0 Å². The number of rotatable bonds is 2. The number of halogens is 5. The van der Waals surface area contributed by atoms with Crippen molar-refractivity contribution in [1.29, 1.82) is 0 Å². The van der Waals surface area contributed by atoms with Gasteiger partial charge in [-0.05, 0) is 0 Å². The van der Waals surface area contributed by atoms with Gasteiger partial charge in [-0.15, -0.1) is 0 Å². The van der Waals surface area contributed by atoms with Crippen molar-refractivity contribution >= 4 is 11.5 Å². The Hall–Kier alpha value is -2.06. The van der Waals surface area contributed by atoms with Crippen LogP contribution in [0, 0.1) is 0 Å². The summed E-state index contributed by atoms with van der Waals surface area (Å²) in [4.78, 5) is 18.5. The number of nitrogens with zero attached hydrogens (tertiary/aromatic N) is 2. The van der Waals surface area contributed by atoms with Crippen molar-refractivity contribution in [3.05, 3.63) is 29.4 Å². The lowest BCUT2D eigenvalue weighted by Gasteiger charge is -2.18. The highest BCUT2D eigenvalue weighted by Crippen LogP contribution is 2.40. The Kier molecular flexibility index (Phi) is 2.79. The van der Waals surface area contributed by atoms with Crippen LogP contribution in [0.3, 0.4) is 0 Å². The lowest BCUT2D eigenvalue weighted by molar-refractivity contribution is -0.266. The molecule has 0 atom stereocenters. The molecule has 1 aromatic rings. The zero-order valence-corrected chi connectivity index (χ0v) is 9.00. The Morgan fingerprint density at radius 1 is 1.16 bits per heavy atom. The number of Topliss-reactive ketones (excluding diaryl/α,β-unsaturated/α-hetero) is 1. The monoisotopic (exact) mass is 280 g/mol. The van der Waals surface area contributed by atoms with Crippen molar-refractivity contribution in [3.8, 4) is 0 Å². The highest BCUT2D eigenvalue weighted by molar-refractivity contribution is 6.07. The van der Waals surface area contributed by atoms with Crippen LogP contribution >= 0.6 is 0 Å². The van der Waals surface area contributed by atoms with Crippen LogP contribution < -0.4 is 0 Å². The molecule has 9 heteroatoms. The molecule has 0 fully saturated rings. The third-order valence-corrected chi connectivity index (χ3v) is 2.54. The molecule has 0 spiro atoms. The Morgan fingerprint density at radius 3 is 2.26 bits per heavy atom. The minimum absolute atomic E-state index is 0.0266. The van der Waals surface area contributed by atoms with E-state index in [1.54, 1.807) is 0 Å². The first-order chi connectivity index (χ1) is 8.66. The average molecular weight is 280 g/mol. The predicted molar refractivity (Wildman–Crippen MR) is 51.3 cm³/mol. The number of aromatic nitrogens is 2. The van der Waals surface area contributed by atoms with Gasteiger partial charge >= 0.3 is 12.1 Å². The quantitative estimate of drug-likeness (QED) is 0.842. The Bertz CT molecular complexity index is 580. The van der Waals surface area contributed by atoms with Gasteiger partial charge < -0.3 is 5.11 Å². The van der Waals surface area contributed by atoms with E-state index in [4.69, 9.17) is 0 Å². The van der Waals surface area contributed by atoms with E-state index in [2.05, 4.69) is 9.97 Å². The van der Waals surface area contributed by atoms with Crippen LogP contribution in [0.1, 0.15) is 11.4 Å². The molecule has 0 aromatic carbocycles. The summed E-state index contributed by atoms with van der Waals surface area (Å²) in [7, 11) is 0. The summed E-state index contributed by atoms with van der Waals surface area (Å²) in [5, 5.41) is 9.50. The van der Waals surface area contributed by atoms with Crippen molar-refractivity contribution in [2.75, 3.05) is 0 Å². The molecule has 19 heavy (non-hydrogen) atoms. The van der Waals surface area contributed by atoms with Gasteiger partial charge in [0.1, 0.15) is 11.5 Å². The van der Waals surface area contributed by atoms with Crippen LogP contribution in [-0.2, 0) is 11.2 Å². The number of carbonyl (C=O) groups is 1. The molecule has 2 rings (SSSR count). The maximum absolute atomic E-state index is 12.9. The summed E-state index contributed by atoms with van der Waals surface area (Å²) in [6.45, 7) is 0. The summed E-state index contributed by atoms with van der Waals surface area (Å²) in [6, 6.07) is 0. The van der Waals surface area contributed by atoms with Crippen LogP contribution in [0.2, 0.25) is 0 Å². The molecule has 0 saturated heterocycles. The maximum Gasteiger partial charge on any atom is 0.461 e. The van der Waals surface area contributed by atoms with Gasteiger partial charge in [-0.3, -0.25) is 9.78 Å². The number of carbonyl (C=O) groups excluding carboxylic acids is 1. The molecule has 0 amide bonds. The van der Waals surface area contributed by atoms with E-state index in [1.165, 1.54) is 6.20 Å². The molecule has 1 N–H and O–H groups in total. The van der Waals surface area contributed by atoms with E-state index < -0.39 is 35.6 Å². The predicted octanol–water partition coefficient (Wildman–Crippen LogP) is 2.07. The standard InChI is InChI=1S/C10H5F5N2O2/c11-9(12,10(13,14)15)8(19)4-3-5-6(7(4)18)17-2-1-16-5/h1-2,18H,3H2. The lowest BCUT2D eigenvalue weighted by atomic mass is 10.0. The topological polar surface area (TPSA) is 63.1 Å². The number of hydrogen-bond donors (Lipinski definition) is 1. The molecule has 0 saturated carbocycles. The molecule has 102 valence electrons. The number of fused-ring (bicyclic) bond motifs is 1. The van der Waals surface area contributed by atoms with Crippen molar-refractivity contribution < 1.29 is 31.9 Å². The minimum Gasteiger partial charge on any atom is -0.505 e. The molecule has 1 aliphatic rings. The Labute approximate surface area is 102 Å². The first kappa shape index (κ1) is 13.4. The third-order valence-electron chi connectivity index (χ3n) is 2.54. The smallest absolute Gasteiger partial charge is 0.461 e. The Balaban J connectivity index is 2.42.